The van der Waals surface area contributed by atoms with Crippen LogP contribution in [-0.4, -0.2) is 98.4 Å². The molecule has 0 saturated carbocycles. The highest BCUT2D eigenvalue weighted by Crippen LogP contribution is 2.38. The van der Waals surface area contributed by atoms with Gasteiger partial charge in [-0.3, -0.25) is 4.18 Å². The van der Waals surface area contributed by atoms with Gasteiger partial charge >= 0.3 is 0 Å². The quantitative estimate of drug-likeness (QED) is 0.407. The molecule has 4 saturated heterocycles. The predicted octanol–water partition coefficient (Wildman–Crippen LogP) is 0.131. The molecule has 39 heavy (non-hydrogen) atoms. The normalized spacial score (nSPS) is 40.3. The van der Waals surface area contributed by atoms with Crippen LogP contribution in [0.3, 0.4) is 0 Å². The van der Waals surface area contributed by atoms with Gasteiger partial charge in [0.1, 0.15) is 42.7 Å². The molecule has 12 nitrogen and oxygen atoms in total. The number of aryl methyl sites for hydroxylation is 1. The Morgan fingerprint density at radius 3 is 2.26 bits per heavy atom. The Balaban J connectivity index is 1.15. The second kappa shape index (κ2) is 10.8. The van der Waals surface area contributed by atoms with Crippen LogP contribution >= 0.6 is 0 Å². The summed E-state index contributed by atoms with van der Waals surface area (Å²) in [6.45, 7) is 1.85. The van der Waals surface area contributed by atoms with E-state index in [9.17, 15) is 23.7 Å². The van der Waals surface area contributed by atoms with Gasteiger partial charge in [0.25, 0.3) is 10.1 Å². The maximum atomic E-state index is 12.9. The van der Waals surface area contributed by atoms with Crippen molar-refractivity contribution < 1.29 is 56.3 Å². The fourth-order valence-electron chi connectivity index (χ4n) is 5.15. The smallest absolute Gasteiger partial charge is 0.297 e. The maximum absolute atomic E-state index is 12.9. The summed E-state index contributed by atoms with van der Waals surface area (Å²) in [6.07, 6.45) is -12.9. The van der Waals surface area contributed by atoms with E-state index in [0.717, 1.165) is 11.1 Å². The largest absolute Gasteiger partial charge is 0.387 e. The molecule has 11 atom stereocenters. The molecule has 0 radical (unpaired) electrons. The first kappa shape index (κ1) is 27.2. The molecule has 4 aliphatic rings. The van der Waals surface area contributed by atoms with Gasteiger partial charge in [-0.1, -0.05) is 48.0 Å². The molecule has 4 aliphatic heterocycles. The second-order valence-electron chi connectivity index (χ2n) is 10.00. The number of ether oxygens (including phenoxy) is 6. The van der Waals surface area contributed by atoms with E-state index in [4.69, 9.17) is 32.6 Å². The molecular formula is C26H30O12S. The Kier molecular flexibility index (Phi) is 7.50. The molecule has 6 rings (SSSR count). The first-order chi connectivity index (χ1) is 18.7. The fourth-order valence-corrected chi connectivity index (χ4v) is 6.23. The van der Waals surface area contributed by atoms with Crippen LogP contribution in [0.4, 0.5) is 0 Å². The minimum Gasteiger partial charge on any atom is -0.387 e. The lowest BCUT2D eigenvalue weighted by Gasteiger charge is -2.47. The van der Waals surface area contributed by atoms with Gasteiger partial charge in [-0.2, -0.15) is 8.42 Å². The van der Waals surface area contributed by atoms with Crippen LogP contribution in [0.1, 0.15) is 17.4 Å². The Hall–Kier alpha value is -2.01. The molecule has 212 valence electrons. The first-order valence-electron chi connectivity index (χ1n) is 12.7. The van der Waals surface area contributed by atoms with Crippen LogP contribution < -0.4 is 0 Å². The van der Waals surface area contributed by atoms with E-state index < -0.39 is 77.8 Å². The minimum absolute atomic E-state index is 0.0146. The summed E-state index contributed by atoms with van der Waals surface area (Å²) in [5.41, 5.74) is 1.62. The molecule has 0 spiro atoms. The SMILES string of the molecule is Cc1ccc(S(=O)(=O)OC2C(O)[C@H](O[C@@H]3OC4COC(c5ccccc5)O[C@H]4C(O)C3O)C3CO[C@@H]2O3)cc1. The van der Waals surface area contributed by atoms with Crippen LogP contribution in [0.5, 0.6) is 0 Å². The molecule has 3 N–H and O–H groups in total. The van der Waals surface area contributed by atoms with Gasteiger partial charge in [0, 0.05) is 5.56 Å². The van der Waals surface area contributed by atoms with E-state index in [2.05, 4.69) is 0 Å². The molecule has 0 aromatic heterocycles. The molecule has 4 heterocycles. The number of aliphatic hydroxyl groups is 3. The third kappa shape index (κ3) is 5.25. The lowest BCUT2D eigenvalue weighted by atomic mass is 9.97. The van der Waals surface area contributed by atoms with Crippen molar-refractivity contribution in [1.29, 1.82) is 0 Å². The summed E-state index contributed by atoms with van der Waals surface area (Å²) in [7, 11) is -4.28. The van der Waals surface area contributed by atoms with E-state index in [0.29, 0.717) is 0 Å². The van der Waals surface area contributed by atoms with Gasteiger partial charge in [0.2, 0.25) is 0 Å². The van der Waals surface area contributed by atoms with E-state index in [-0.39, 0.29) is 18.1 Å². The highest BCUT2D eigenvalue weighted by atomic mass is 32.2. The van der Waals surface area contributed by atoms with Gasteiger partial charge in [-0.05, 0) is 19.1 Å². The van der Waals surface area contributed by atoms with Crippen LogP contribution in [-0.2, 0) is 42.7 Å². The molecule has 2 bridgehead atoms. The number of benzene rings is 2. The highest BCUT2D eigenvalue weighted by molar-refractivity contribution is 7.86. The fraction of sp³-hybridized carbons (Fsp3) is 0.538. The van der Waals surface area contributed by atoms with E-state index in [1.54, 1.807) is 12.1 Å². The zero-order valence-electron chi connectivity index (χ0n) is 20.9. The van der Waals surface area contributed by atoms with Crippen molar-refractivity contribution in [2.75, 3.05) is 13.2 Å². The van der Waals surface area contributed by atoms with E-state index >= 15 is 0 Å². The zero-order valence-corrected chi connectivity index (χ0v) is 21.7. The lowest BCUT2D eigenvalue weighted by Crippen LogP contribution is -2.64. The van der Waals surface area contributed by atoms with Crippen LogP contribution in [0, 0.1) is 6.92 Å². The van der Waals surface area contributed by atoms with Crippen LogP contribution in [0.15, 0.2) is 59.5 Å². The number of aliphatic hydroxyl groups excluding tert-OH is 3. The lowest BCUT2D eigenvalue weighted by molar-refractivity contribution is -0.376. The average Bonchev–Trinajstić information content (AvgIpc) is 3.38. The topological polar surface area (TPSA) is 159 Å². The van der Waals surface area contributed by atoms with E-state index in [1.165, 1.54) is 12.1 Å². The van der Waals surface area contributed by atoms with Gasteiger partial charge in [0.15, 0.2) is 25.0 Å². The molecule has 13 heteroatoms. The zero-order chi connectivity index (χ0) is 27.3. The van der Waals surface area contributed by atoms with Gasteiger partial charge in [-0.15, -0.1) is 0 Å². The molecule has 0 amide bonds. The molecule has 7 unspecified atom stereocenters. The van der Waals surface area contributed by atoms with Crippen molar-refractivity contribution in [2.45, 2.75) is 79.5 Å². The van der Waals surface area contributed by atoms with Gasteiger partial charge in [0.05, 0.1) is 18.1 Å². The number of fused-ring (bicyclic) bond motifs is 3. The summed E-state index contributed by atoms with van der Waals surface area (Å²) in [5.74, 6) is 0. The molecule has 4 fully saturated rings. The van der Waals surface area contributed by atoms with Crippen molar-refractivity contribution in [3.05, 3.63) is 65.7 Å². The summed E-state index contributed by atoms with van der Waals surface area (Å²) in [4.78, 5) is -0.0933. The predicted molar refractivity (Wildman–Crippen MR) is 129 cm³/mol. The van der Waals surface area contributed by atoms with E-state index in [1.807, 2.05) is 37.3 Å². The number of hydrogen-bond acceptors (Lipinski definition) is 12. The molecule has 2 aromatic carbocycles. The van der Waals surface area contributed by atoms with Crippen molar-refractivity contribution in [3.63, 3.8) is 0 Å². The summed E-state index contributed by atoms with van der Waals surface area (Å²) < 4.78 is 65.9. The number of rotatable bonds is 6. The average molecular weight is 567 g/mol. The van der Waals surface area contributed by atoms with Crippen molar-refractivity contribution in [3.8, 4) is 0 Å². The molecule has 2 aromatic rings. The monoisotopic (exact) mass is 566 g/mol. The summed E-state index contributed by atoms with van der Waals surface area (Å²) in [6, 6.07) is 15.2. The maximum Gasteiger partial charge on any atom is 0.297 e. The van der Waals surface area contributed by atoms with Crippen molar-refractivity contribution >= 4 is 10.1 Å². The molecular weight excluding hydrogens is 536 g/mol. The van der Waals surface area contributed by atoms with Gasteiger partial charge in [-0.25, -0.2) is 0 Å². The third-order valence-corrected chi connectivity index (χ3v) is 8.61. The first-order valence-corrected chi connectivity index (χ1v) is 14.1. The van der Waals surface area contributed by atoms with Crippen molar-refractivity contribution in [1.82, 2.24) is 0 Å². The highest BCUT2D eigenvalue weighted by Gasteiger charge is 2.56. The molecule has 0 aliphatic carbocycles. The summed E-state index contributed by atoms with van der Waals surface area (Å²) in [5, 5.41) is 32.8. The second-order valence-corrected chi connectivity index (χ2v) is 11.6. The Morgan fingerprint density at radius 2 is 1.51 bits per heavy atom. The Labute approximate surface area is 225 Å². The van der Waals surface area contributed by atoms with Crippen LogP contribution in [0.25, 0.3) is 0 Å². The van der Waals surface area contributed by atoms with Gasteiger partial charge < -0.3 is 43.7 Å². The third-order valence-electron chi connectivity index (χ3n) is 7.29. The Bertz CT molecular complexity index is 1240. The van der Waals surface area contributed by atoms with Crippen LogP contribution in [0.2, 0.25) is 0 Å². The summed E-state index contributed by atoms with van der Waals surface area (Å²) >= 11 is 0. The standard InChI is InChI=1S/C26H30O12S/c1-13-7-9-15(10-8-13)39(30,31)38-23-20(29)22(17-12-33-26(23)35-17)37-25-19(28)18(27)21-16(34-25)11-32-24(36-21)14-5-3-2-4-6-14/h2-10,16-29H,11-12H2,1H3/t16?,17?,18?,19?,20?,21-,22-,23?,24?,25+,26-/m1/s1. The van der Waals surface area contributed by atoms with Crippen molar-refractivity contribution in [2.24, 2.45) is 0 Å². The minimum atomic E-state index is -4.28. The number of hydrogen-bond donors (Lipinski definition) is 3. The Morgan fingerprint density at radius 1 is 0.795 bits per heavy atom.